The zero-order valence-corrected chi connectivity index (χ0v) is 12.7. The Kier molecular flexibility index (Phi) is 4.35. The molecule has 0 unspecified atom stereocenters. The van der Waals surface area contributed by atoms with E-state index in [0.717, 1.165) is 0 Å². The largest absolute Gasteiger partial charge is 0.397 e. The molecular weight excluding hydrogens is 264 g/mol. The maximum Gasteiger partial charge on any atom is 0.185 e. The Balaban J connectivity index is 3.46. The average molecular weight is 284 g/mol. The van der Waals surface area contributed by atoms with E-state index in [1.54, 1.807) is 34.6 Å². The van der Waals surface area contributed by atoms with Crippen molar-refractivity contribution in [2.45, 2.75) is 44.8 Å². The number of Topliss-reactive ketones (excluding diaryl/α,β-unsaturated/α-hetero) is 1. The second kappa shape index (κ2) is 5.28. The van der Waals surface area contributed by atoms with Gasteiger partial charge in [0.15, 0.2) is 15.6 Å². The van der Waals surface area contributed by atoms with Gasteiger partial charge in [-0.3, -0.25) is 4.79 Å². The minimum atomic E-state index is -3.45. The van der Waals surface area contributed by atoms with Gasteiger partial charge in [-0.2, -0.15) is 0 Å². The minimum Gasteiger partial charge on any atom is -0.397 e. The highest BCUT2D eigenvalue weighted by Gasteiger charge is 2.25. The molecule has 0 saturated heterocycles. The summed E-state index contributed by atoms with van der Waals surface area (Å²) in [5.41, 5.74) is 6.35. The molecule has 0 amide bonds. The first-order valence-corrected chi connectivity index (χ1v) is 7.68. The van der Waals surface area contributed by atoms with Crippen molar-refractivity contribution in [3.05, 3.63) is 17.5 Å². The number of carbonyl (C=O) groups excluding carboxylic acids is 1. The van der Waals surface area contributed by atoms with Crippen LogP contribution >= 0.6 is 0 Å². The SMILES string of the molecule is Cc1nc(C(=O)C(C)C)c(N)cc1S(=O)(=O)C(C)C. The molecule has 106 valence electrons. The van der Waals surface area contributed by atoms with Crippen LogP contribution in [0.1, 0.15) is 43.9 Å². The van der Waals surface area contributed by atoms with E-state index in [1.165, 1.54) is 6.07 Å². The van der Waals surface area contributed by atoms with Crippen molar-refractivity contribution in [1.82, 2.24) is 4.98 Å². The van der Waals surface area contributed by atoms with Crippen LogP contribution in [0, 0.1) is 12.8 Å². The van der Waals surface area contributed by atoms with Crippen molar-refractivity contribution < 1.29 is 13.2 Å². The van der Waals surface area contributed by atoms with Crippen LogP contribution in [0.25, 0.3) is 0 Å². The summed E-state index contributed by atoms with van der Waals surface area (Å²) in [5, 5.41) is -0.556. The van der Waals surface area contributed by atoms with Gasteiger partial charge < -0.3 is 5.73 Å². The van der Waals surface area contributed by atoms with Crippen LogP contribution in [0.5, 0.6) is 0 Å². The lowest BCUT2D eigenvalue weighted by Crippen LogP contribution is -2.19. The first-order valence-electron chi connectivity index (χ1n) is 6.14. The maximum atomic E-state index is 12.1. The third-order valence-corrected chi connectivity index (χ3v) is 5.15. The van der Waals surface area contributed by atoms with E-state index in [1.807, 2.05) is 0 Å². The Hall–Kier alpha value is -1.43. The summed E-state index contributed by atoms with van der Waals surface area (Å²) in [6, 6.07) is 1.34. The molecule has 2 N–H and O–H groups in total. The van der Waals surface area contributed by atoms with Gasteiger partial charge in [0.2, 0.25) is 0 Å². The van der Waals surface area contributed by atoms with E-state index in [4.69, 9.17) is 5.73 Å². The predicted octanol–water partition coefficient (Wildman–Crippen LogP) is 1.99. The Morgan fingerprint density at radius 3 is 2.21 bits per heavy atom. The molecule has 0 aliphatic rings. The summed E-state index contributed by atoms with van der Waals surface area (Å²) in [6.07, 6.45) is 0. The van der Waals surface area contributed by atoms with E-state index >= 15 is 0 Å². The van der Waals surface area contributed by atoms with Gasteiger partial charge in [0.25, 0.3) is 0 Å². The molecular formula is C13H20N2O3S. The van der Waals surface area contributed by atoms with Crippen LogP contribution in [-0.2, 0) is 9.84 Å². The van der Waals surface area contributed by atoms with E-state index in [2.05, 4.69) is 4.98 Å². The number of hydrogen-bond acceptors (Lipinski definition) is 5. The molecule has 0 saturated carbocycles. The van der Waals surface area contributed by atoms with Crippen LogP contribution in [0.15, 0.2) is 11.0 Å². The highest BCUT2D eigenvalue weighted by atomic mass is 32.2. The summed E-state index contributed by atoms with van der Waals surface area (Å²) in [5.74, 6) is -0.421. The Labute approximate surface area is 114 Å². The molecule has 0 fully saturated rings. The van der Waals surface area contributed by atoms with Crippen molar-refractivity contribution in [2.24, 2.45) is 5.92 Å². The molecule has 1 heterocycles. The summed E-state index contributed by atoms with van der Waals surface area (Å²) >= 11 is 0. The summed E-state index contributed by atoms with van der Waals surface area (Å²) in [7, 11) is -3.45. The van der Waals surface area contributed by atoms with Crippen LogP contribution in [0.3, 0.4) is 0 Å². The van der Waals surface area contributed by atoms with Gasteiger partial charge in [0.05, 0.1) is 21.5 Å². The predicted molar refractivity (Wildman–Crippen MR) is 74.9 cm³/mol. The molecule has 0 aliphatic heterocycles. The number of pyridine rings is 1. The lowest BCUT2D eigenvalue weighted by Gasteiger charge is -2.14. The second-order valence-electron chi connectivity index (χ2n) is 5.12. The molecule has 19 heavy (non-hydrogen) atoms. The summed E-state index contributed by atoms with van der Waals surface area (Å²) in [4.78, 5) is 16.1. The molecule has 0 bridgehead atoms. The molecule has 1 rings (SSSR count). The normalized spacial score (nSPS) is 12.2. The Morgan fingerprint density at radius 1 is 1.26 bits per heavy atom. The highest BCUT2D eigenvalue weighted by Crippen LogP contribution is 2.24. The van der Waals surface area contributed by atoms with Gasteiger partial charge in [-0.1, -0.05) is 13.8 Å². The fraction of sp³-hybridized carbons (Fsp3) is 0.538. The van der Waals surface area contributed by atoms with Gasteiger partial charge in [-0.05, 0) is 26.8 Å². The first-order chi connectivity index (χ1) is 8.59. The van der Waals surface area contributed by atoms with Gasteiger partial charge in [0.1, 0.15) is 5.69 Å². The van der Waals surface area contributed by atoms with Crippen molar-refractivity contribution in [1.29, 1.82) is 0 Å². The fourth-order valence-corrected chi connectivity index (χ4v) is 2.87. The first kappa shape index (κ1) is 15.6. The second-order valence-corrected chi connectivity index (χ2v) is 7.60. The third-order valence-electron chi connectivity index (χ3n) is 2.88. The number of carbonyl (C=O) groups is 1. The number of aryl methyl sites for hydroxylation is 1. The lowest BCUT2D eigenvalue weighted by molar-refractivity contribution is 0.0935. The van der Waals surface area contributed by atoms with Crippen molar-refractivity contribution in [3.8, 4) is 0 Å². The molecule has 1 aromatic rings. The fourth-order valence-electron chi connectivity index (χ4n) is 1.61. The quantitative estimate of drug-likeness (QED) is 0.854. The molecule has 1 aromatic heterocycles. The number of nitrogens with zero attached hydrogens (tertiary/aromatic N) is 1. The number of hydrogen-bond donors (Lipinski definition) is 1. The molecule has 0 radical (unpaired) electrons. The number of nitrogens with two attached hydrogens (primary N) is 1. The van der Waals surface area contributed by atoms with Crippen LogP contribution in [-0.4, -0.2) is 24.4 Å². The zero-order chi connectivity index (χ0) is 15.0. The summed E-state index contributed by atoms with van der Waals surface area (Å²) < 4.78 is 24.3. The number of rotatable bonds is 4. The monoisotopic (exact) mass is 284 g/mol. The van der Waals surface area contributed by atoms with E-state index < -0.39 is 15.1 Å². The highest BCUT2D eigenvalue weighted by molar-refractivity contribution is 7.92. The molecule has 0 atom stereocenters. The zero-order valence-electron chi connectivity index (χ0n) is 11.9. The molecule has 5 nitrogen and oxygen atoms in total. The Bertz CT molecular complexity index is 605. The molecule has 6 heteroatoms. The number of sulfone groups is 1. The van der Waals surface area contributed by atoms with E-state index in [0.29, 0.717) is 5.69 Å². The molecule has 0 spiro atoms. The lowest BCUT2D eigenvalue weighted by atomic mass is 10.0. The van der Waals surface area contributed by atoms with E-state index in [9.17, 15) is 13.2 Å². The van der Waals surface area contributed by atoms with Gasteiger partial charge >= 0.3 is 0 Å². The van der Waals surface area contributed by atoms with Gasteiger partial charge in [-0.15, -0.1) is 0 Å². The number of anilines is 1. The molecule has 0 aliphatic carbocycles. The maximum absolute atomic E-state index is 12.1. The number of aromatic nitrogens is 1. The molecule has 0 aromatic carbocycles. The van der Waals surface area contributed by atoms with Crippen LogP contribution in [0.2, 0.25) is 0 Å². The number of nitrogen functional groups attached to an aromatic ring is 1. The number of ketones is 1. The average Bonchev–Trinajstić information content (AvgIpc) is 2.30. The van der Waals surface area contributed by atoms with Gasteiger partial charge in [-0.25, -0.2) is 13.4 Å². The smallest absolute Gasteiger partial charge is 0.185 e. The Morgan fingerprint density at radius 2 is 1.79 bits per heavy atom. The van der Waals surface area contributed by atoms with E-state index in [-0.39, 0.29) is 28.0 Å². The third kappa shape index (κ3) is 2.94. The minimum absolute atomic E-state index is 0.0975. The standard InChI is InChI=1S/C13H20N2O3S/c1-7(2)13(16)12-10(14)6-11(9(5)15-12)19(17,18)8(3)4/h6-8H,14H2,1-5H3. The van der Waals surface area contributed by atoms with Crippen molar-refractivity contribution in [3.63, 3.8) is 0 Å². The van der Waals surface area contributed by atoms with Crippen molar-refractivity contribution >= 4 is 21.3 Å². The van der Waals surface area contributed by atoms with Crippen LogP contribution in [0.4, 0.5) is 5.69 Å². The van der Waals surface area contributed by atoms with Crippen molar-refractivity contribution in [2.75, 3.05) is 5.73 Å². The topological polar surface area (TPSA) is 90.1 Å². The van der Waals surface area contributed by atoms with Gasteiger partial charge in [0, 0.05) is 5.92 Å². The summed E-state index contributed by atoms with van der Waals surface area (Å²) in [6.45, 7) is 8.26. The van der Waals surface area contributed by atoms with Crippen LogP contribution < -0.4 is 5.73 Å².